The Morgan fingerprint density at radius 1 is 0.609 bits per heavy atom. The van der Waals surface area contributed by atoms with Gasteiger partial charge in [0.2, 0.25) is 0 Å². The summed E-state index contributed by atoms with van der Waals surface area (Å²) < 4.78 is 0. The first-order valence-electron chi connectivity index (χ1n) is 8.70. The molecule has 0 spiro atoms. The van der Waals surface area contributed by atoms with Crippen LogP contribution in [0, 0.1) is 0 Å². The van der Waals surface area contributed by atoms with Crippen LogP contribution in [0.2, 0.25) is 0 Å². The SMILES string of the molecule is CC.CC.CCN(C)c1ccc(-c2ccc(N(C)C)cc2)cc1. The normalized spacial score (nSPS) is 9.04. The molecule has 0 bridgehead atoms. The number of hydrogen-bond donors (Lipinski definition) is 0. The van der Waals surface area contributed by atoms with Gasteiger partial charge in [-0.3, -0.25) is 0 Å². The maximum atomic E-state index is 2.24. The first-order valence-corrected chi connectivity index (χ1v) is 8.70. The lowest BCUT2D eigenvalue weighted by atomic mass is 10.0. The van der Waals surface area contributed by atoms with E-state index in [1.807, 2.05) is 27.7 Å². The van der Waals surface area contributed by atoms with E-state index < -0.39 is 0 Å². The summed E-state index contributed by atoms with van der Waals surface area (Å²) in [6.07, 6.45) is 0. The molecule has 23 heavy (non-hydrogen) atoms. The molecule has 0 unspecified atom stereocenters. The van der Waals surface area contributed by atoms with Gasteiger partial charge in [-0.2, -0.15) is 0 Å². The van der Waals surface area contributed by atoms with Crippen molar-refractivity contribution in [3.05, 3.63) is 48.5 Å². The van der Waals surface area contributed by atoms with Crippen molar-refractivity contribution >= 4 is 11.4 Å². The van der Waals surface area contributed by atoms with E-state index in [9.17, 15) is 0 Å². The van der Waals surface area contributed by atoms with Gasteiger partial charge in [-0.15, -0.1) is 0 Å². The largest absolute Gasteiger partial charge is 0.378 e. The average Bonchev–Trinajstić information content (AvgIpc) is 2.64. The third kappa shape index (κ3) is 6.35. The van der Waals surface area contributed by atoms with Crippen LogP contribution in [-0.4, -0.2) is 27.7 Å². The minimum atomic E-state index is 1.02. The lowest BCUT2D eigenvalue weighted by Crippen LogP contribution is -2.15. The highest BCUT2D eigenvalue weighted by atomic mass is 15.1. The Hall–Kier alpha value is -1.96. The van der Waals surface area contributed by atoms with Crippen LogP contribution in [0.25, 0.3) is 11.1 Å². The highest BCUT2D eigenvalue weighted by molar-refractivity contribution is 5.68. The van der Waals surface area contributed by atoms with E-state index in [2.05, 4.69) is 86.4 Å². The molecule has 2 aromatic carbocycles. The molecule has 0 aliphatic heterocycles. The van der Waals surface area contributed by atoms with Crippen LogP contribution in [0.15, 0.2) is 48.5 Å². The van der Waals surface area contributed by atoms with Gasteiger partial charge in [-0.25, -0.2) is 0 Å². The first kappa shape index (κ1) is 21.0. The highest BCUT2D eigenvalue weighted by Crippen LogP contribution is 2.24. The van der Waals surface area contributed by atoms with Gasteiger partial charge in [0.1, 0.15) is 0 Å². The van der Waals surface area contributed by atoms with Crippen molar-refractivity contribution in [2.75, 3.05) is 37.5 Å². The zero-order chi connectivity index (χ0) is 17.8. The Bertz CT molecular complexity index is 513. The first-order chi connectivity index (χ1) is 11.1. The van der Waals surface area contributed by atoms with Crippen molar-refractivity contribution in [3.63, 3.8) is 0 Å². The second-order valence-electron chi connectivity index (χ2n) is 5.00. The summed E-state index contributed by atoms with van der Waals surface area (Å²) in [4.78, 5) is 4.35. The van der Waals surface area contributed by atoms with Gasteiger partial charge < -0.3 is 9.80 Å². The zero-order valence-corrected chi connectivity index (χ0v) is 16.2. The minimum absolute atomic E-state index is 1.02. The highest BCUT2D eigenvalue weighted by Gasteiger charge is 2.01. The Balaban J connectivity index is 0.00000112. The van der Waals surface area contributed by atoms with Crippen LogP contribution in [0.5, 0.6) is 0 Å². The van der Waals surface area contributed by atoms with Crippen molar-refractivity contribution in [1.82, 2.24) is 0 Å². The molecule has 0 aliphatic rings. The van der Waals surface area contributed by atoms with Gasteiger partial charge in [0.05, 0.1) is 0 Å². The lowest BCUT2D eigenvalue weighted by Gasteiger charge is -2.17. The van der Waals surface area contributed by atoms with Crippen molar-refractivity contribution in [2.24, 2.45) is 0 Å². The van der Waals surface area contributed by atoms with E-state index in [1.165, 1.54) is 22.5 Å². The lowest BCUT2D eigenvalue weighted by molar-refractivity contribution is 0.968. The number of anilines is 2. The fraction of sp³-hybridized carbons (Fsp3) is 0.429. The monoisotopic (exact) mass is 314 g/mol. The molecular weight excluding hydrogens is 280 g/mol. The van der Waals surface area contributed by atoms with Crippen molar-refractivity contribution < 1.29 is 0 Å². The Labute approximate surface area is 143 Å². The Morgan fingerprint density at radius 2 is 0.957 bits per heavy atom. The van der Waals surface area contributed by atoms with Crippen LogP contribution in [0.4, 0.5) is 11.4 Å². The van der Waals surface area contributed by atoms with Gasteiger partial charge in [0.25, 0.3) is 0 Å². The molecule has 2 nitrogen and oxygen atoms in total. The molecule has 0 saturated heterocycles. The predicted octanol–water partition coefficient (Wildman–Crippen LogP) is 5.93. The Kier molecular flexibility index (Phi) is 10.6. The molecule has 0 N–H and O–H groups in total. The number of nitrogens with zero attached hydrogens (tertiary/aromatic N) is 2. The zero-order valence-electron chi connectivity index (χ0n) is 16.2. The van der Waals surface area contributed by atoms with Gasteiger partial charge in [0, 0.05) is 39.1 Å². The molecule has 2 aromatic rings. The van der Waals surface area contributed by atoms with Gasteiger partial charge >= 0.3 is 0 Å². The molecule has 0 radical (unpaired) electrons. The van der Waals surface area contributed by atoms with Crippen LogP contribution in [0.1, 0.15) is 34.6 Å². The fourth-order valence-corrected chi connectivity index (χ4v) is 2.04. The molecule has 0 atom stereocenters. The molecule has 0 heterocycles. The maximum Gasteiger partial charge on any atom is 0.0363 e. The molecular formula is C21H34N2. The topological polar surface area (TPSA) is 6.48 Å². The fourth-order valence-electron chi connectivity index (χ4n) is 2.04. The second-order valence-corrected chi connectivity index (χ2v) is 5.00. The van der Waals surface area contributed by atoms with E-state index in [0.29, 0.717) is 0 Å². The molecule has 2 rings (SSSR count). The molecule has 128 valence electrons. The molecule has 2 heteroatoms. The van der Waals surface area contributed by atoms with Gasteiger partial charge in [0.15, 0.2) is 0 Å². The van der Waals surface area contributed by atoms with Gasteiger partial charge in [-0.05, 0) is 42.3 Å². The van der Waals surface area contributed by atoms with E-state index in [4.69, 9.17) is 0 Å². The van der Waals surface area contributed by atoms with Crippen LogP contribution in [0.3, 0.4) is 0 Å². The van der Waals surface area contributed by atoms with E-state index in [-0.39, 0.29) is 0 Å². The van der Waals surface area contributed by atoms with Crippen molar-refractivity contribution in [3.8, 4) is 11.1 Å². The number of rotatable bonds is 4. The van der Waals surface area contributed by atoms with Crippen molar-refractivity contribution in [2.45, 2.75) is 34.6 Å². The molecule has 0 fully saturated rings. The summed E-state index contributed by atoms with van der Waals surface area (Å²) in [5, 5.41) is 0. The quantitative estimate of drug-likeness (QED) is 0.690. The van der Waals surface area contributed by atoms with E-state index in [1.54, 1.807) is 0 Å². The van der Waals surface area contributed by atoms with E-state index >= 15 is 0 Å². The third-order valence-corrected chi connectivity index (χ3v) is 3.50. The molecule has 0 aromatic heterocycles. The third-order valence-electron chi connectivity index (χ3n) is 3.50. The summed E-state index contributed by atoms with van der Waals surface area (Å²) in [6, 6.07) is 17.4. The molecule has 0 aliphatic carbocycles. The van der Waals surface area contributed by atoms with Gasteiger partial charge in [-0.1, -0.05) is 52.0 Å². The van der Waals surface area contributed by atoms with Crippen LogP contribution < -0.4 is 9.80 Å². The standard InChI is InChI=1S/C17H22N2.2C2H6/c1-5-19(4)17-12-8-15(9-13-17)14-6-10-16(11-7-14)18(2)3;2*1-2/h6-13H,5H2,1-4H3;2*1-2H3. The number of benzene rings is 2. The Morgan fingerprint density at radius 3 is 1.26 bits per heavy atom. The number of hydrogen-bond acceptors (Lipinski definition) is 2. The summed E-state index contributed by atoms with van der Waals surface area (Å²) in [5.74, 6) is 0. The summed E-state index contributed by atoms with van der Waals surface area (Å²) >= 11 is 0. The maximum absolute atomic E-state index is 2.24. The predicted molar refractivity (Wildman–Crippen MR) is 108 cm³/mol. The average molecular weight is 315 g/mol. The summed E-state index contributed by atoms with van der Waals surface area (Å²) in [5.41, 5.74) is 5.01. The molecule has 0 saturated carbocycles. The van der Waals surface area contributed by atoms with E-state index in [0.717, 1.165) is 6.54 Å². The second kappa shape index (κ2) is 11.6. The summed E-state index contributed by atoms with van der Waals surface area (Å²) in [6.45, 7) is 11.2. The summed E-state index contributed by atoms with van der Waals surface area (Å²) in [7, 11) is 6.23. The smallest absolute Gasteiger partial charge is 0.0363 e. The van der Waals surface area contributed by atoms with Crippen LogP contribution >= 0.6 is 0 Å². The minimum Gasteiger partial charge on any atom is -0.378 e. The van der Waals surface area contributed by atoms with Crippen molar-refractivity contribution in [1.29, 1.82) is 0 Å². The van der Waals surface area contributed by atoms with Crippen LogP contribution in [-0.2, 0) is 0 Å². The molecule has 0 amide bonds.